The molecule has 2 amide bonds. The Morgan fingerprint density at radius 2 is 1.59 bits per heavy atom. The van der Waals surface area contributed by atoms with Crippen LogP contribution in [0.1, 0.15) is 31.8 Å². The third-order valence-corrected chi connectivity index (χ3v) is 4.66. The molecule has 0 radical (unpaired) electrons. The summed E-state index contributed by atoms with van der Waals surface area (Å²) in [5.74, 6) is 0.417. The molecule has 0 atom stereocenters. The maximum atomic E-state index is 12.6. The first-order valence-corrected chi connectivity index (χ1v) is 9.45. The molecule has 5 nitrogen and oxygen atoms in total. The van der Waals surface area contributed by atoms with E-state index in [1.807, 2.05) is 55.5 Å². The number of rotatable bonds is 7. The largest absolute Gasteiger partial charge is 0.496 e. The number of amides is 2. The average Bonchev–Trinajstić information content (AvgIpc) is 2.76. The van der Waals surface area contributed by atoms with Gasteiger partial charge in [0.25, 0.3) is 11.8 Å². The molecule has 29 heavy (non-hydrogen) atoms. The summed E-state index contributed by atoms with van der Waals surface area (Å²) in [7, 11) is 1.63. The molecule has 0 aliphatic rings. The minimum absolute atomic E-state index is 0.185. The van der Waals surface area contributed by atoms with Gasteiger partial charge in [-0.05, 0) is 54.8 Å². The third kappa shape index (κ3) is 5.23. The van der Waals surface area contributed by atoms with E-state index in [2.05, 4.69) is 10.6 Å². The maximum Gasteiger partial charge on any atom is 0.255 e. The summed E-state index contributed by atoms with van der Waals surface area (Å²) in [6, 6.07) is 22.0. The van der Waals surface area contributed by atoms with Gasteiger partial charge in [0, 0.05) is 23.4 Å². The van der Waals surface area contributed by atoms with Crippen molar-refractivity contribution in [2.24, 2.45) is 0 Å². The number of para-hydroxylation sites is 1. The monoisotopic (exact) mass is 388 g/mol. The van der Waals surface area contributed by atoms with Crippen molar-refractivity contribution in [1.82, 2.24) is 5.32 Å². The van der Waals surface area contributed by atoms with Gasteiger partial charge in [-0.15, -0.1) is 0 Å². The molecule has 3 aromatic rings. The molecular weight excluding hydrogens is 364 g/mol. The van der Waals surface area contributed by atoms with Gasteiger partial charge in [0.2, 0.25) is 0 Å². The molecular formula is C24H24N2O3. The minimum Gasteiger partial charge on any atom is -0.496 e. The van der Waals surface area contributed by atoms with Gasteiger partial charge in [-0.3, -0.25) is 9.59 Å². The second kappa shape index (κ2) is 9.55. The second-order valence-corrected chi connectivity index (χ2v) is 6.67. The predicted molar refractivity (Wildman–Crippen MR) is 115 cm³/mol. The highest BCUT2D eigenvalue weighted by Gasteiger charge is 2.11. The standard InChI is InChI=1S/C24H24N2O3/c1-17-12-13-20(16-21(17)26-24(28)19-9-4-3-5-10-19)23(27)25-15-14-18-8-6-7-11-22(18)29-2/h3-13,16H,14-15H2,1-2H3,(H,25,27)(H,26,28). The number of ether oxygens (including phenoxy) is 1. The highest BCUT2D eigenvalue weighted by atomic mass is 16.5. The number of benzene rings is 3. The summed E-state index contributed by atoms with van der Waals surface area (Å²) >= 11 is 0. The molecule has 0 bridgehead atoms. The highest BCUT2D eigenvalue weighted by molar-refractivity contribution is 6.05. The summed E-state index contributed by atoms with van der Waals surface area (Å²) in [5.41, 5.74) is 3.61. The predicted octanol–water partition coefficient (Wildman–Crippen LogP) is 4.23. The van der Waals surface area contributed by atoms with E-state index in [0.717, 1.165) is 16.9 Å². The Morgan fingerprint density at radius 3 is 2.34 bits per heavy atom. The van der Waals surface area contributed by atoms with Crippen LogP contribution in [0.4, 0.5) is 5.69 Å². The number of anilines is 1. The highest BCUT2D eigenvalue weighted by Crippen LogP contribution is 2.19. The third-order valence-electron chi connectivity index (χ3n) is 4.66. The van der Waals surface area contributed by atoms with Gasteiger partial charge in [0.15, 0.2) is 0 Å². The second-order valence-electron chi connectivity index (χ2n) is 6.67. The van der Waals surface area contributed by atoms with Crippen LogP contribution in [0, 0.1) is 6.92 Å². The van der Waals surface area contributed by atoms with Crippen molar-refractivity contribution in [3.8, 4) is 5.75 Å². The first-order valence-electron chi connectivity index (χ1n) is 9.45. The molecule has 3 aromatic carbocycles. The molecule has 0 unspecified atom stereocenters. The van der Waals surface area contributed by atoms with Crippen molar-refractivity contribution in [3.05, 3.63) is 95.1 Å². The number of hydrogen-bond donors (Lipinski definition) is 2. The maximum absolute atomic E-state index is 12.6. The smallest absolute Gasteiger partial charge is 0.255 e. The van der Waals surface area contributed by atoms with Gasteiger partial charge >= 0.3 is 0 Å². The summed E-state index contributed by atoms with van der Waals surface area (Å²) in [5, 5.41) is 5.81. The van der Waals surface area contributed by atoms with Gasteiger partial charge in [-0.1, -0.05) is 42.5 Å². The molecule has 148 valence electrons. The number of carbonyl (C=O) groups is 2. The van der Waals surface area contributed by atoms with Gasteiger partial charge in [-0.2, -0.15) is 0 Å². The van der Waals surface area contributed by atoms with Crippen LogP contribution in [0.5, 0.6) is 5.75 Å². The molecule has 0 saturated carbocycles. The van der Waals surface area contributed by atoms with Crippen molar-refractivity contribution in [2.75, 3.05) is 19.0 Å². The summed E-state index contributed by atoms with van der Waals surface area (Å²) < 4.78 is 5.34. The molecule has 2 N–H and O–H groups in total. The molecule has 0 fully saturated rings. The molecule has 0 spiro atoms. The van der Waals surface area contributed by atoms with Crippen LogP contribution in [-0.2, 0) is 6.42 Å². The van der Waals surface area contributed by atoms with Gasteiger partial charge in [0.05, 0.1) is 7.11 Å². The van der Waals surface area contributed by atoms with Crippen molar-refractivity contribution in [1.29, 1.82) is 0 Å². The Morgan fingerprint density at radius 1 is 0.862 bits per heavy atom. The quantitative estimate of drug-likeness (QED) is 0.637. The van der Waals surface area contributed by atoms with Gasteiger partial charge < -0.3 is 15.4 Å². The Kier molecular flexibility index (Phi) is 6.63. The Labute approximate surface area is 170 Å². The minimum atomic E-state index is -0.206. The molecule has 0 saturated heterocycles. The molecule has 3 rings (SSSR count). The average molecular weight is 388 g/mol. The van der Waals surface area contributed by atoms with E-state index in [0.29, 0.717) is 29.8 Å². The summed E-state index contributed by atoms with van der Waals surface area (Å²) in [6.07, 6.45) is 0.666. The number of carbonyl (C=O) groups excluding carboxylic acids is 2. The zero-order valence-electron chi connectivity index (χ0n) is 16.6. The number of hydrogen-bond acceptors (Lipinski definition) is 3. The lowest BCUT2D eigenvalue weighted by atomic mass is 10.1. The lowest BCUT2D eigenvalue weighted by molar-refractivity contribution is 0.0952. The van der Waals surface area contributed by atoms with Crippen molar-refractivity contribution < 1.29 is 14.3 Å². The van der Waals surface area contributed by atoms with Crippen LogP contribution in [0.15, 0.2) is 72.8 Å². The van der Waals surface area contributed by atoms with E-state index in [-0.39, 0.29) is 11.8 Å². The van der Waals surface area contributed by atoms with Crippen LogP contribution in [0.25, 0.3) is 0 Å². The van der Waals surface area contributed by atoms with E-state index < -0.39 is 0 Å². The number of nitrogens with one attached hydrogen (secondary N) is 2. The first-order chi connectivity index (χ1) is 14.1. The number of aryl methyl sites for hydroxylation is 1. The fourth-order valence-electron chi connectivity index (χ4n) is 3.00. The number of methoxy groups -OCH3 is 1. The molecule has 5 heteroatoms. The molecule has 0 aromatic heterocycles. The van der Waals surface area contributed by atoms with E-state index in [1.165, 1.54) is 0 Å². The van der Waals surface area contributed by atoms with Crippen molar-refractivity contribution in [2.45, 2.75) is 13.3 Å². The fraction of sp³-hybridized carbons (Fsp3) is 0.167. The van der Waals surface area contributed by atoms with Crippen molar-refractivity contribution in [3.63, 3.8) is 0 Å². The van der Waals surface area contributed by atoms with Crippen LogP contribution in [0.3, 0.4) is 0 Å². The molecule has 0 aliphatic carbocycles. The van der Waals surface area contributed by atoms with E-state index in [1.54, 1.807) is 31.4 Å². The van der Waals surface area contributed by atoms with E-state index in [9.17, 15) is 9.59 Å². The molecule has 0 aliphatic heterocycles. The topological polar surface area (TPSA) is 67.4 Å². The normalized spacial score (nSPS) is 10.3. The van der Waals surface area contributed by atoms with Crippen LogP contribution >= 0.6 is 0 Å². The van der Waals surface area contributed by atoms with Crippen molar-refractivity contribution >= 4 is 17.5 Å². The van der Waals surface area contributed by atoms with Gasteiger partial charge in [0.1, 0.15) is 5.75 Å². The lowest BCUT2D eigenvalue weighted by Crippen LogP contribution is -2.26. The molecule has 0 heterocycles. The Balaban J connectivity index is 1.64. The van der Waals surface area contributed by atoms with Crippen LogP contribution in [0.2, 0.25) is 0 Å². The zero-order chi connectivity index (χ0) is 20.6. The SMILES string of the molecule is COc1ccccc1CCNC(=O)c1ccc(C)c(NC(=O)c2ccccc2)c1. The summed E-state index contributed by atoms with van der Waals surface area (Å²) in [4.78, 5) is 25.0. The fourth-order valence-corrected chi connectivity index (χ4v) is 3.00. The zero-order valence-corrected chi connectivity index (χ0v) is 16.6. The van der Waals surface area contributed by atoms with Crippen LogP contribution in [-0.4, -0.2) is 25.5 Å². The Hall–Kier alpha value is -3.60. The Bertz CT molecular complexity index is 1000. The van der Waals surface area contributed by atoms with E-state index >= 15 is 0 Å². The summed E-state index contributed by atoms with van der Waals surface area (Å²) in [6.45, 7) is 2.38. The van der Waals surface area contributed by atoms with Gasteiger partial charge in [-0.25, -0.2) is 0 Å². The lowest BCUT2D eigenvalue weighted by Gasteiger charge is -2.12. The van der Waals surface area contributed by atoms with E-state index in [4.69, 9.17) is 4.74 Å². The van der Waals surface area contributed by atoms with Crippen LogP contribution < -0.4 is 15.4 Å². The first kappa shape index (κ1) is 20.1.